The third kappa shape index (κ3) is 3.15. The molecule has 0 spiro atoms. The number of hydrogen-bond donors (Lipinski definition) is 1. The molecule has 0 amide bonds. The predicted molar refractivity (Wildman–Crippen MR) is 73.4 cm³/mol. The van der Waals surface area contributed by atoms with Gasteiger partial charge in [-0.2, -0.15) is 0 Å². The lowest BCUT2D eigenvalue weighted by molar-refractivity contribution is 0.615. The molecule has 18 heavy (non-hydrogen) atoms. The first-order valence-electron chi connectivity index (χ1n) is 6.05. The fourth-order valence-electron chi connectivity index (χ4n) is 2.03. The number of thiazole rings is 1. The van der Waals surface area contributed by atoms with Crippen molar-refractivity contribution < 1.29 is 4.39 Å². The topological polar surface area (TPSA) is 38.9 Å². The largest absolute Gasteiger partial charge is 0.330 e. The van der Waals surface area contributed by atoms with Crippen molar-refractivity contribution in [3.63, 3.8) is 0 Å². The fraction of sp³-hybridized carbons (Fsp3) is 0.357. The van der Waals surface area contributed by atoms with Gasteiger partial charge in [0.1, 0.15) is 5.82 Å². The van der Waals surface area contributed by atoms with Crippen molar-refractivity contribution in [1.29, 1.82) is 0 Å². The monoisotopic (exact) mass is 264 g/mol. The zero-order valence-electron chi connectivity index (χ0n) is 10.4. The van der Waals surface area contributed by atoms with Gasteiger partial charge in [-0.1, -0.05) is 12.1 Å². The quantitative estimate of drug-likeness (QED) is 0.900. The molecule has 1 heterocycles. The van der Waals surface area contributed by atoms with Gasteiger partial charge in [0.25, 0.3) is 0 Å². The van der Waals surface area contributed by atoms with Crippen LogP contribution >= 0.6 is 11.3 Å². The molecule has 1 atom stereocenters. The Hall–Kier alpha value is -1.26. The highest BCUT2D eigenvalue weighted by molar-refractivity contribution is 7.09. The Bertz CT molecular complexity index is 493. The predicted octanol–water partition coefficient (Wildman–Crippen LogP) is 3.27. The number of benzene rings is 1. The molecule has 2 rings (SSSR count). The van der Waals surface area contributed by atoms with Crippen LogP contribution in [0.15, 0.2) is 29.8 Å². The highest BCUT2D eigenvalue weighted by Gasteiger charge is 2.11. The van der Waals surface area contributed by atoms with E-state index in [1.807, 2.05) is 24.6 Å². The van der Waals surface area contributed by atoms with Crippen LogP contribution in [-0.2, 0) is 6.42 Å². The molecular weight excluding hydrogens is 247 g/mol. The molecule has 2 N–H and O–H groups in total. The van der Waals surface area contributed by atoms with Crippen molar-refractivity contribution in [3.05, 3.63) is 51.7 Å². The van der Waals surface area contributed by atoms with Gasteiger partial charge in [-0.05, 0) is 49.9 Å². The van der Waals surface area contributed by atoms with Crippen molar-refractivity contribution in [3.8, 4) is 0 Å². The van der Waals surface area contributed by atoms with E-state index in [2.05, 4.69) is 4.98 Å². The molecule has 0 aliphatic heterocycles. The summed E-state index contributed by atoms with van der Waals surface area (Å²) in [5.74, 6) is 0.0833. The molecule has 0 aliphatic carbocycles. The average molecular weight is 264 g/mol. The Morgan fingerprint density at radius 3 is 2.61 bits per heavy atom. The van der Waals surface area contributed by atoms with E-state index in [0.717, 1.165) is 24.1 Å². The number of hydrogen-bond acceptors (Lipinski definition) is 3. The number of aryl methyl sites for hydroxylation is 2. The third-order valence-electron chi connectivity index (χ3n) is 3.19. The molecule has 1 aromatic heterocycles. The smallest absolute Gasteiger partial charge is 0.123 e. The molecule has 0 aliphatic rings. The maximum absolute atomic E-state index is 12.9. The van der Waals surface area contributed by atoms with Crippen molar-refractivity contribution in [2.75, 3.05) is 6.54 Å². The number of nitrogens with two attached hydrogens (primary N) is 1. The highest BCUT2D eigenvalue weighted by atomic mass is 32.1. The summed E-state index contributed by atoms with van der Waals surface area (Å²) in [7, 11) is 0. The summed E-state index contributed by atoms with van der Waals surface area (Å²) in [6, 6.07) is 6.64. The van der Waals surface area contributed by atoms with E-state index < -0.39 is 0 Å². The van der Waals surface area contributed by atoms with Gasteiger partial charge in [-0.3, -0.25) is 0 Å². The second kappa shape index (κ2) is 6.07. The summed E-state index contributed by atoms with van der Waals surface area (Å²) in [5.41, 5.74) is 9.91. The van der Waals surface area contributed by atoms with Gasteiger partial charge in [0.05, 0.1) is 11.2 Å². The van der Waals surface area contributed by atoms with Gasteiger partial charge in [0.15, 0.2) is 0 Å². The van der Waals surface area contributed by atoms with Crippen LogP contribution in [0.4, 0.5) is 4.39 Å². The van der Waals surface area contributed by atoms with E-state index in [1.165, 1.54) is 17.0 Å². The SMILES string of the molecule is Cc1ncsc1CCC(CN)c1ccc(F)cc1. The Balaban J connectivity index is 2.01. The molecule has 0 bridgehead atoms. The van der Waals surface area contributed by atoms with Crippen molar-refractivity contribution in [2.45, 2.75) is 25.7 Å². The molecule has 4 heteroatoms. The minimum absolute atomic E-state index is 0.201. The number of nitrogens with zero attached hydrogens (tertiary/aromatic N) is 1. The standard InChI is InChI=1S/C14H17FN2S/c1-10-14(18-9-17-10)7-4-12(8-16)11-2-5-13(15)6-3-11/h2-3,5-6,9,12H,4,7-8,16H2,1H3. The molecule has 2 nitrogen and oxygen atoms in total. The second-order valence-electron chi connectivity index (χ2n) is 4.38. The minimum atomic E-state index is -0.201. The number of aromatic nitrogens is 1. The summed E-state index contributed by atoms with van der Waals surface area (Å²) < 4.78 is 12.9. The van der Waals surface area contributed by atoms with E-state index >= 15 is 0 Å². The van der Waals surface area contributed by atoms with Gasteiger partial charge in [0.2, 0.25) is 0 Å². The van der Waals surface area contributed by atoms with Crippen molar-refractivity contribution in [2.24, 2.45) is 5.73 Å². The molecule has 0 fully saturated rings. The number of halogens is 1. The fourth-order valence-corrected chi connectivity index (χ4v) is 2.82. The Labute approximate surface area is 111 Å². The van der Waals surface area contributed by atoms with E-state index in [0.29, 0.717) is 6.54 Å². The van der Waals surface area contributed by atoms with Crippen LogP contribution in [0.3, 0.4) is 0 Å². The van der Waals surface area contributed by atoms with Crippen LogP contribution in [-0.4, -0.2) is 11.5 Å². The van der Waals surface area contributed by atoms with Crippen molar-refractivity contribution in [1.82, 2.24) is 4.98 Å². The molecule has 96 valence electrons. The van der Waals surface area contributed by atoms with Crippen LogP contribution in [0.2, 0.25) is 0 Å². The lowest BCUT2D eigenvalue weighted by atomic mass is 9.94. The number of rotatable bonds is 5. The normalized spacial score (nSPS) is 12.6. The van der Waals surface area contributed by atoms with Gasteiger partial charge < -0.3 is 5.73 Å². The van der Waals surface area contributed by atoms with E-state index in [1.54, 1.807) is 11.3 Å². The maximum atomic E-state index is 12.9. The van der Waals surface area contributed by atoms with Crippen molar-refractivity contribution >= 4 is 11.3 Å². The van der Waals surface area contributed by atoms with Crippen LogP contribution in [0.1, 0.15) is 28.5 Å². The summed E-state index contributed by atoms with van der Waals surface area (Å²) in [4.78, 5) is 5.56. The van der Waals surface area contributed by atoms with Crippen LogP contribution < -0.4 is 5.73 Å². The molecule has 0 saturated carbocycles. The lowest BCUT2D eigenvalue weighted by Crippen LogP contribution is -2.13. The van der Waals surface area contributed by atoms with Gasteiger partial charge in [-0.25, -0.2) is 9.37 Å². The van der Waals surface area contributed by atoms with Gasteiger partial charge >= 0.3 is 0 Å². The zero-order valence-corrected chi connectivity index (χ0v) is 11.2. The highest BCUT2D eigenvalue weighted by Crippen LogP contribution is 2.23. The Morgan fingerprint density at radius 2 is 2.06 bits per heavy atom. The van der Waals surface area contributed by atoms with Crippen LogP contribution in [0.5, 0.6) is 0 Å². The average Bonchev–Trinajstić information content (AvgIpc) is 2.78. The first kappa shape index (κ1) is 13.2. The molecule has 1 unspecified atom stereocenters. The summed E-state index contributed by atoms with van der Waals surface area (Å²) in [6.07, 6.45) is 1.96. The van der Waals surface area contributed by atoms with E-state index in [9.17, 15) is 4.39 Å². The summed E-state index contributed by atoms with van der Waals surface area (Å²) >= 11 is 1.69. The van der Waals surface area contributed by atoms with Gasteiger partial charge in [0, 0.05) is 4.88 Å². The first-order valence-corrected chi connectivity index (χ1v) is 6.93. The first-order chi connectivity index (χ1) is 8.70. The molecule has 1 aromatic carbocycles. The van der Waals surface area contributed by atoms with E-state index in [4.69, 9.17) is 5.73 Å². The maximum Gasteiger partial charge on any atom is 0.123 e. The van der Waals surface area contributed by atoms with Crippen LogP contribution in [0, 0.1) is 12.7 Å². The third-order valence-corrected chi connectivity index (χ3v) is 4.19. The zero-order chi connectivity index (χ0) is 13.0. The molecule has 2 aromatic rings. The molecular formula is C14H17FN2S. The lowest BCUT2D eigenvalue weighted by Gasteiger charge is -2.14. The second-order valence-corrected chi connectivity index (χ2v) is 5.32. The summed E-state index contributed by atoms with van der Waals surface area (Å²) in [5, 5.41) is 0. The molecule has 0 radical (unpaired) electrons. The summed E-state index contributed by atoms with van der Waals surface area (Å²) in [6.45, 7) is 2.62. The van der Waals surface area contributed by atoms with E-state index in [-0.39, 0.29) is 11.7 Å². The minimum Gasteiger partial charge on any atom is -0.330 e. The Morgan fingerprint density at radius 1 is 1.33 bits per heavy atom. The van der Waals surface area contributed by atoms with Gasteiger partial charge in [-0.15, -0.1) is 11.3 Å². The Kier molecular flexibility index (Phi) is 4.44. The molecule has 0 saturated heterocycles. The van der Waals surface area contributed by atoms with Crippen LogP contribution in [0.25, 0.3) is 0 Å².